The Kier molecular flexibility index (Phi) is 3.72. The fraction of sp³-hybridized carbons (Fsp3) is 0.333. The van der Waals surface area contributed by atoms with E-state index < -0.39 is 0 Å². The number of fused-ring (bicyclic) bond motifs is 1. The number of aromatic nitrogens is 1. The van der Waals surface area contributed by atoms with Crippen molar-refractivity contribution in [3.63, 3.8) is 0 Å². The number of nitrogens with one attached hydrogen (secondary N) is 1. The minimum absolute atomic E-state index is 0.0512. The van der Waals surface area contributed by atoms with Crippen LogP contribution in [-0.2, 0) is 4.74 Å². The number of anilines is 1. The molecule has 1 aliphatic heterocycles. The van der Waals surface area contributed by atoms with Crippen molar-refractivity contribution in [2.45, 2.75) is 13.0 Å². The quantitative estimate of drug-likeness (QED) is 0.644. The molecule has 2 aromatic rings. The highest BCUT2D eigenvalue weighted by atomic mass is 16.5. The third kappa shape index (κ3) is 2.68. The lowest BCUT2D eigenvalue weighted by Gasteiger charge is -2.31. The van der Waals surface area contributed by atoms with Gasteiger partial charge in [-0.1, -0.05) is 24.3 Å². The molecule has 1 atom stereocenters. The fourth-order valence-corrected chi connectivity index (χ4v) is 2.58. The van der Waals surface area contributed by atoms with E-state index in [1.807, 2.05) is 31.2 Å². The van der Waals surface area contributed by atoms with Gasteiger partial charge in [0.25, 0.3) is 5.91 Å². The Morgan fingerprint density at radius 2 is 2.29 bits per heavy atom. The number of hydrogen-bond donors (Lipinski definition) is 2. The molecular weight excluding hydrogens is 268 g/mol. The molecular formula is C15H18N4O2. The number of morpholine rings is 1. The molecule has 2 heterocycles. The molecule has 110 valence electrons. The summed E-state index contributed by atoms with van der Waals surface area (Å²) in [6, 6.07) is 9.50. The molecule has 1 fully saturated rings. The number of carbonyl (C=O) groups is 1. The van der Waals surface area contributed by atoms with Crippen LogP contribution in [0.1, 0.15) is 17.4 Å². The molecule has 0 saturated carbocycles. The zero-order chi connectivity index (χ0) is 14.8. The van der Waals surface area contributed by atoms with Gasteiger partial charge in [0, 0.05) is 18.5 Å². The minimum Gasteiger partial charge on any atom is -0.375 e. The minimum atomic E-state index is -0.0904. The summed E-state index contributed by atoms with van der Waals surface area (Å²) in [6.07, 6.45) is 0.0512. The number of nitrogens with two attached hydrogens (primary N) is 1. The average molecular weight is 286 g/mol. The summed E-state index contributed by atoms with van der Waals surface area (Å²) in [4.78, 5) is 18.7. The topological polar surface area (TPSA) is 80.5 Å². The molecule has 1 saturated heterocycles. The van der Waals surface area contributed by atoms with Crippen molar-refractivity contribution < 1.29 is 9.53 Å². The van der Waals surface area contributed by atoms with Gasteiger partial charge in [-0.2, -0.15) is 0 Å². The molecule has 1 aromatic heterocycles. The summed E-state index contributed by atoms with van der Waals surface area (Å²) < 4.78 is 5.46. The maximum absolute atomic E-state index is 12.6. The van der Waals surface area contributed by atoms with E-state index in [0.29, 0.717) is 31.2 Å². The van der Waals surface area contributed by atoms with E-state index in [-0.39, 0.29) is 12.0 Å². The fourth-order valence-electron chi connectivity index (χ4n) is 2.58. The van der Waals surface area contributed by atoms with Crippen molar-refractivity contribution in [3.05, 3.63) is 36.0 Å². The first-order valence-corrected chi connectivity index (χ1v) is 6.96. The van der Waals surface area contributed by atoms with E-state index >= 15 is 0 Å². The number of amides is 1. The first-order valence-electron chi connectivity index (χ1n) is 6.96. The molecule has 0 bridgehead atoms. The number of hydrogen-bond acceptors (Lipinski definition) is 5. The highest BCUT2D eigenvalue weighted by molar-refractivity contribution is 6.00. The van der Waals surface area contributed by atoms with E-state index in [0.717, 1.165) is 10.8 Å². The van der Waals surface area contributed by atoms with Crippen LogP contribution in [0.3, 0.4) is 0 Å². The predicted octanol–water partition coefficient (Wildman–Crippen LogP) is 1.38. The number of ether oxygens (including phenoxy) is 1. The lowest BCUT2D eigenvalue weighted by molar-refractivity contribution is -0.0126. The smallest absolute Gasteiger partial charge is 0.272 e. The first-order chi connectivity index (χ1) is 10.2. The van der Waals surface area contributed by atoms with Crippen LogP contribution in [0, 0.1) is 0 Å². The van der Waals surface area contributed by atoms with Crippen LogP contribution in [-0.4, -0.2) is 41.6 Å². The van der Waals surface area contributed by atoms with Gasteiger partial charge in [0.05, 0.1) is 12.7 Å². The monoisotopic (exact) mass is 286 g/mol. The Labute approximate surface area is 122 Å². The molecule has 6 nitrogen and oxygen atoms in total. The number of nitrogen functional groups attached to an aromatic ring is 1. The molecule has 1 unspecified atom stereocenters. The molecule has 0 radical (unpaired) electrons. The number of nitrogens with zero attached hydrogens (tertiary/aromatic N) is 2. The Morgan fingerprint density at radius 1 is 1.48 bits per heavy atom. The second-order valence-electron chi connectivity index (χ2n) is 5.15. The summed E-state index contributed by atoms with van der Waals surface area (Å²) in [7, 11) is 0. The predicted molar refractivity (Wildman–Crippen MR) is 80.9 cm³/mol. The summed E-state index contributed by atoms with van der Waals surface area (Å²) in [5, 5.41) is 1.83. The van der Waals surface area contributed by atoms with E-state index in [9.17, 15) is 4.79 Å². The SMILES string of the molecule is CC1CN(C(=O)c2cc3ccccc3c(NN)n2)CCO1. The number of benzene rings is 1. The van der Waals surface area contributed by atoms with Crippen molar-refractivity contribution in [1.29, 1.82) is 0 Å². The third-order valence-corrected chi connectivity index (χ3v) is 3.62. The summed E-state index contributed by atoms with van der Waals surface area (Å²) in [5.74, 6) is 5.95. The van der Waals surface area contributed by atoms with E-state index in [4.69, 9.17) is 10.6 Å². The highest BCUT2D eigenvalue weighted by Crippen LogP contribution is 2.22. The van der Waals surface area contributed by atoms with Gasteiger partial charge < -0.3 is 15.1 Å². The van der Waals surface area contributed by atoms with Crippen LogP contribution >= 0.6 is 0 Å². The van der Waals surface area contributed by atoms with Crippen LogP contribution in [0.2, 0.25) is 0 Å². The van der Waals surface area contributed by atoms with Crippen molar-refractivity contribution in [2.24, 2.45) is 5.84 Å². The van der Waals surface area contributed by atoms with E-state index in [1.165, 1.54) is 0 Å². The molecule has 3 N–H and O–H groups in total. The lowest BCUT2D eigenvalue weighted by Crippen LogP contribution is -2.44. The Bertz CT molecular complexity index is 674. The van der Waals surface area contributed by atoms with Crippen molar-refractivity contribution in [2.75, 3.05) is 25.1 Å². The van der Waals surface area contributed by atoms with Crippen molar-refractivity contribution >= 4 is 22.5 Å². The van der Waals surface area contributed by atoms with E-state index in [1.54, 1.807) is 11.0 Å². The number of pyridine rings is 1. The molecule has 0 aliphatic carbocycles. The molecule has 1 aromatic carbocycles. The van der Waals surface area contributed by atoms with Crippen LogP contribution < -0.4 is 11.3 Å². The Morgan fingerprint density at radius 3 is 3.05 bits per heavy atom. The van der Waals surface area contributed by atoms with Crippen molar-refractivity contribution in [3.8, 4) is 0 Å². The highest BCUT2D eigenvalue weighted by Gasteiger charge is 2.24. The summed E-state index contributed by atoms with van der Waals surface area (Å²) in [6.45, 7) is 3.68. The molecule has 21 heavy (non-hydrogen) atoms. The van der Waals surface area contributed by atoms with Gasteiger partial charge in [0.2, 0.25) is 0 Å². The zero-order valence-electron chi connectivity index (χ0n) is 11.9. The molecule has 0 spiro atoms. The zero-order valence-corrected chi connectivity index (χ0v) is 11.9. The van der Waals surface area contributed by atoms with E-state index in [2.05, 4.69) is 10.4 Å². The largest absolute Gasteiger partial charge is 0.375 e. The standard InChI is InChI=1S/C15H18N4O2/c1-10-9-19(6-7-21-10)15(20)13-8-11-4-2-3-5-12(11)14(17-13)18-16/h2-5,8,10H,6-7,9,16H2,1H3,(H,17,18). The lowest BCUT2D eigenvalue weighted by atomic mass is 10.1. The van der Waals surface area contributed by atoms with Crippen LogP contribution in [0.15, 0.2) is 30.3 Å². The van der Waals surface area contributed by atoms with Gasteiger partial charge in [0.1, 0.15) is 11.5 Å². The normalized spacial score (nSPS) is 18.8. The first kappa shape index (κ1) is 13.8. The maximum Gasteiger partial charge on any atom is 0.272 e. The third-order valence-electron chi connectivity index (χ3n) is 3.62. The Hall–Kier alpha value is -2.18. The number of carbonyl (C=O) groups excluding carboxylic acids is 1. The average Bonchev–Trinajstić information content (AvgIpc) is 2.53. The van der Waals surface area contributed by atoms with Crippen LogP contribution in [0.4, 0.5) is 5.82 Å². The molecule has 3 rings (SSSR count). The maximum atomic E-state index is 12.6. The summed E-state index contributed by atoms with van der Waals surface area (Å²) in [5.41, 5.74) is 2.97. The summed E-state index contributed by atoms with van der Waals surface area (Å²) >= 11 is 0. The van der Waals surface area contributed by atoms with Gasteiger partial charge in [-0.25, -0.2) is 10.8 Å². The number of rotatable bonds is 2. The van der Waals surface area contributed by atoms with Gasteiger partial charge in [-0.15, -0.1) is 0 Å². The molecule has 1 amide bonds. The van der Waals surface area contributed by atoms with Gasteiger partial charge in [-0.3, -0.25) is 4.79 Å². The number of hydrazine groups is 1. The Balaban J connectivity index is 1.98. The van der Waals surface area contributed by atoms with Crippen LogP contribution in [0.25, 0.3) is 10.8 Å². The van der Waals surface area contributed by atoms with Crippen LogP contribution in [0.5, 0.6) is 0 Å². The van der Waals surface area contributed by atoms with Gasteiger partial charge in [-0.05, 0) is 18.4 Å². The second-order valence-corrected chi connectivity index (χ2v) is 5.15. The van der Waals surface area contributed by atoms with Crippen molar-refractivity contribution in [1.82, 2.24) is 9.88 Å². The molecule has 6 heteroatoms. The van der Waals surface area contributed by atoms with Gasteiger partial charge >= 0.3 is 0 Å². The second kappa shape index (κ2) is 5.67. The van der Waals surface area contributed by atoms with Gasteiger partial charge in [0.15, 0.2) is 0 Å². The molecule has 1 aliphatic rings.